The van der Waals surface area contributed by atoms with Gasteiger partial charge in [0, 0.05) is 17.8 Å². The number of amides is 1. The fourth-order valence-corrected chi connectivity index (χ4v) is 4.53. The van der Waals surface area contributed by atoms with E-state index in [9.17, 15) is 4.79 Å². The lowest BCUT2D eigenvalue weighted by Crippen LogP contribution is -2.43. The van der Waals surface area contributed by atoms with Gasteiger partial charge in [-0.25, -0.2) is 0 Å². The van der Waals surface area contributed by atoms with Crippen LogP contribution in [0.3, 0.4) is 0 Å². The van der Waals surface area contributed by atoms with Crippen molar-refractivity contribution in [1.29, 1.82) is 0 Å². The van der Waals surface area contributed by atoms with Crippen LogP contribution < -0.4 is 10.6 Å². The van der Waals surface area contributed by atoms with Gasteiger partial charge in [-0.2, -0.15) is 5.10 Å². The number of benzene rings is 1. The summed E-state index contributed by atoms with van der Waals surface area (Å²) >= 11 is 0. The van der Waals surface area contributed by atoms with Gasteiger partial charge in [0.2, 0.25) is 5.91 Å². The molecule has 1 aromatic carbocycles. The summed E-state index contributed by atoms with van der Waals surface area (Å²) in [4.78, 5) is 12.8. The average Bonchev–Trinajstić information content (AvgIpc) is 3.44. The van der Waals surface area contributed by atoms with Gasteiger partial charge in [-0.15, -0.1) is 0 Å². The second-order valence-electron chi connectivity index (χ2n) is 8.62. The highest BCUT2D eigenvalue weighted by Crippen LogP contribution is 2.49. The van der Waals surface area contributed by atoms with Gasteiger partial charge in [-0.1, -0.05) is 18.2 Å². The van der Waals surface area contributed by atoms with Gasteiger partial charge in [-0.05, 0) is 63.6 Å². The lowest BCUT2D eigenvalue weighted by molar-refractivity contribution is -0.124. The molecule has 5 heteroatoms. The Kier molecular flexibility index (Phi) is 3.26. The van der Waals surface area contributed by atoms with Gasteiger partial charge in [0.15, 0.2) is 0 Å². The van der Waals surface area contributed by atoms with E-state index in [1.54, 1.807) is 0 Å². The zero-order valence-electron chi connectivity index (χ0n) is 15.0. The Morgan fingerprint density at radius 3 is 2.72 bits per heavy atom. The molecule has 132 valence electrons. The highest BCUT2D eigenvalue weighted by Gasteiger charge is 2.57. The molecule has 2 unspecified atom stereocenters. The topological polar surface area (TPSA) is 59.0 Å². The molecule has 25 heavy (non-hydrogen) atoms. The smallest absolute Gasteiger partial charge is 0.224 e. The van der Waals surface area contributed by atoms with Crippen molar-refractivity contribution in [3.63, 3.8) is 0 Å². The van der Waals surface area contributed by atoms with E-state index in [1.165, 1.54) is 18.4 Å². The quantitative estimate of drug-likeness (QED) is 0.879. The fraction of sp³-hybridized carbons (Fsp3) is 0.600. The minimum Gasteiger partial charge on any atom is -0.345 e. The second kappa shape index (κ2) is 5.31. The van der Waals surface area contributed by atoms with Crippen LogP contribution in [0.15, 0.2) is 24.3 Å². The predicted molar refractivity (Wildman–Crippen MR) is 97.0 cm³/mol. The van der Waals surface area contributed by atoms with E-state index in [4.69, 9.17) is 5.10 Å². The van der Waals surface area contributed by atoms with Crippen molar-refractivity contribution >= 4 is 16.8 Å². The van der Waals surface area contributed by atoms with Crippen LogP contribution in [0.1, 0.15) is 32.4 Å². The second-order valence-corrected chi connectivity index (χ2v) is 8.62. The summed E-state index contributed by atoms with van der Waals surface area (Å²) in [6.07, 6.45) is 2.62. The maximum atomic E-state index is 12.8. The molecule has 0 bridgehead atoms. The molecule has 1 aliphatic heterocycles. The molecule has 0 radical (unpaired) electrons. The number of nitrogens with zero attached hydrogens (tertiary/aromatic N) is 2. The molecule has 2 aliphatic carbocycles. The Labute approximate surface area is 148 Å². The molecular weight excluding hydrogens is 312 g/mol. The van der Waals surface area contributed by atoms with Crippen LogP contribution in [0.5, 0.6) is 0 Å². The number of hydrogen-bond donors (Lipinski definition) is 2. The Balaban J connectivity index is 1.43. The maximum absolute atomic E-state index is 12.8. The van der Waals surface area contributed by atoms with Crippen molar-refractivity contribution in [3.05, 3.63) is 30.0 Å². The molecule has 3 fully saturated rings. The number of piperidine rings is 1. The highest BCUT2D eigenvalue weighted by molar-refractivity contribution is 5.86. The Morgan fingerprint density at radius 2 is 2.00 bits per heavy atom. The van der Waals surface area contributed by atoms with Gasteiger partial charge < -0.3 is 10.6 Å². The summed E-state index contributed by atoms with van der Waals surface area (Å²) in [6, 6.07) is 8.40. The van der Waals surface area contributed by atoms with Crippen LogP contribution in [0, 0.1) is 23.7 Å². The third kappa shape index (κ3) is 2.56. The first-order valence-corrected chi connectivity index (χ1v) is 9.53. The molecule has 2 N–H and O–H groups in total. The normalized spacial score (nSPS) is 28.2. The molecule has 0 spiro atoms. The zero-order valence-corrected chi connectivity index (χ0v) is 15.0. The van der Waals surface area contributed by atoms with Gasteiger partial charge in [0.05, 0.1) is 16.7 Å². The molecule has 2 heterocycles. The van der Waals surface area contributed by atoms with Crippen molar-refractivity contribution in [2.75, 3.05) is 13.1 Å². The van der Waals surface area contributed by atoms with E-state index < -0.39 is 5.54 Å². The summed E-state index contributed by atoms with van der Waals surface area (Å²) in [7, 11) is 0. The number of carbonyl (C=O) groups is 1. The van der Waals surface area contributed by atoms with Crippen molar-refractivity contribution in [3.8, 4) is 0 Å². The van der Waals surface area contributed by atoms with E-state index >= 15 is 0 Å². The minimum absolute atomic E-state index is 0.195. The highest BCUT2D eigenvalue weighted by atomic mass is 16.2. The first kappa shape index (κ1) is 15.4. The number of rotatable bonds is 5. The van der Waals surface area contributed by atoms with E-state index in [2.05, 4.69) is 53.4 Å². The van der Waals surface area contributed by atoms with Crippen molar-refractivity contribution in [2.45, 2.75) is 38.8 Å². The van der Waals surface area contributed by atoms with Crippen LogP contribution in [0.25, 0.3) is 10.9 Å². The summed E-state index contributed by atoms with van der Waals surface area (Å²) in [6.45, 7) is 7.13. The molecule has 5 nitrogen and oxygen atoms in total. The lowest BCUT2D eigenvalue weighted by Gasteiger charge is -2.25. The van der Waals surface area contributed by atoms with E-state index in [0.29, 0.717) is 11.8 Å². The van der Waals surface area contributed by atoms with Gasteiger partial charge >= 0.3 is 0 Å². The SMILES string of the molecule is CC(C)(NC(=O)C1C2CNCC21)c1nn(CC2CC2)c2ccccc12. The maximum Gasteiger partial charge on any atom is 0.224 e. The molecule has 3 aliphatic rings. The standard InChI is InChI=1S/C20H26N4O/c1-20(2,22-19(25)17-14-9-21-10-15(14)17)18-13-5-3-4-6-16(13)24(23-18)11-12-7-8-12/h3-6,12,14-15,17,21H,7-11H2,1-2H3,(H,22,25). The fourth-order valence-electron chi connectivity index (χ4n) is 4.53. The largest absolute Gasteiger partial charge is 0.345 e. The Bertz CT molecular complexity index is 825. The molecule has 2 aromatic rings. The lowest BCUT2D eigenvalue weighted by atomic mass is 9.96. The minimum atomic E-state index is -0.462. The van der Waals surface area contributed by atoms with Gasteiger partial charge in [-0.3, -0.25) is 9.48 Å². The summed E-state index contributed by atoms with van der Waals surface area (Å²) in [5, 5.41) is 12.7. The Morgan fingerprint density at radius 1 is 1.28 bits per heavy atom. The van der Waals surface area contributed by atoms with E-state index in [0.717, 1.165) is 36.6 Å². The summed E-state index contributed by atoms with van der Waals surface area (Å²) < 4.78 is 2.14. The first-order chi connectivity index (χ1) is 12.0. The molecule has 5 rings (SSSR count). The monoisotopic (exact) mass is 338 g/mol. The van der Waals surface area contributed by atoms with E-state index in [-0.39, 0.29) is 11.8 Å². The predicted octanol–water partition coefficient (Wildman–Crippen LogP) is 2.26. The summed E-state index contributed by atoms with van der Waals surface area (Å²) in [5.74, 6) is 2.25. The van der Waals surface area contributed by atoms with Crippen LogP contribution in [0.4, 0.5) is 0 Å². The van der Waals surface area contributed by atoms with Crippen molar-refractivity contribution < 1.29 is 4.79 Å². The van der Waals surface area contributed by atoms with Crippen LogP contribution >= 0.6 is 0 Å². The number of hydrogen-bond acceptors (Lipinski definition) is 3. The van der Waals surface area contributed by atoms with Crippen LogP contribution in [0.2, 0.25) is 0 Å². The molecule has 2 atom stereocenters. The third-order valence-electron chi connectivity index (χ3n) is 6.21. The number of nitrogens with one attached hydrogen (secondary N) is 2. The van der Waals surface area contributed by atoms with Crippen LogP contribution in [-0.2, 0) is 16.9 Å². The van der Waals surface area contributed by atoms with Crippen molar-refractivity contribution in [1.82, 2.24) is 20.4 Å². The number of carbonyl (C=O) groups excluding carboxylic acids is 1. The third-order valence-corrected chi connectivity index (χ3v) is 6.21. The molecule has 1 amide bonds. The molecule has 1 aromatic heterocycles. The Hall–Kier alpha value is -1.88. The molecular formula is C20H26N4O. The number of fused-ring (bicyclic) bond motifs is 2. The molecule has 1 saturated heterocycles. The van der Waals surface area contributed by atoms with Crippen molar-refractivity contribution in [2.24, 2.45) is 23.7 Å². The number of aromatic nitrogens is 2. The van der Waals surface area contributed by atoms with Crippen LogP contribution in [-0.4, -0.2) is 28.8 Å². The van der Waals surface area contributed by atoms with Gasteiger partial charge in [0.1, 0.15) is 0 Å². The van der Waals surface area contributed by atoms with Gasteiger partial charge in [0.25, 0.3) is 0 Å². The first-order valence-electron chi connectivity index (χ1n) is 9.53. The van der Waals surface area contributed by atoms with E-state index in [1.807, 2.05) is 0 Å². The zero-order chi connectivity index (χ0) is 17.2. The molecule has 2 saturated carbocycles. The number of para-hydroxylation sites is 1. The average molecular weight is 338 g/mol. The summed E-state index contributed by atoms with van der Waals surface area (Å²) in [5.41, 5.74) is 1.70.